The molecular weight excluding hydrogens is 445 g/mol. The van der Waals surface area contributed by atoms with E-state index in [-0.39, 0.29) is 30.1 Å². The van der Waals surface area contributed by atoms with Gasteiger partial charge in [-0.3, -0.25) is 4.99 Å². The van der Waals surface area contributed by atoms with Crippen LogP contribution < -0.4 is 10.6 Å². The Kier molecular flexibility index (Phi) is 10.1. The first-order chi connectivity index (χ1) is 11.6. The molecule has 0 radical (unpaired) electrons. The second-order valence-corrected chi connectivity index (χ2v) is 7.22. The molecule has 0 spiro atoms. The molecule has 6 heteroatoms. The topological polar surface area (TPSA) is 45.7 Å². The van der Waals surface area contributed by atoms with Crippen molar-refractivity contribution in [3.63, 3.8) is 0 Å². The number of halogens is 1. The zero-order valence-electron chi connectivity index (χ0n) is 15.3. The highest BCUT2D eigenvalue weighted by atomic mass is 127. The predicted molar refractivity (Wildman–Crippen MR) is 118 cm³/mol. The van der Waals surface area contributed by atoms with Crippen LogP contribution in [-0.2, 0) is 11.2 Å². The van der Waals surface area contributed by atoms with Crippen LogP contribution in [0.3, 0.4) is 0 Å². The summed E-state index contributed by atoms with van der Waals surface area (Å²) in [6, 6.07) is 14.9. The van der Waals surface area contributed by atoms with Crippen LogP contribution in [0.5, 0.6) is 0 Å². The Labute approximate surface area is 172 Å². The van der Waals surface area contributed by atoms with Gasteiger partial charge in [-0.2, -0.15) is 0 Å². The number of nitrogens with one attached hydrogen (secondary N) is 2. The lowest BCUT2D eigenvalue weighted by molar-refractivity contribution is 0.106. The molecular formula is C19H28IN3OS. The predicted octanol–water partition coefficient (Wildman–Crippen LogP) is 4.16. The average molecular weight is 473 g/mol. The van der Waals surface area contributed by atoms with Crippen LogP contribution in [0.2, 0.25) is 0 Å². The van der Waals surface area contributed by atoms with Gasteiger partial charge in [0.2, 0.25) is 0 Å². The molecule has 2 atom stereocenters. The molecule has 2 N–H and O–H groups in total. The van der Waals surface area contributed by atoms with Crippen LogP contribution in [0, 0.1) is 6.92 Å². The lowest BCUT2D eigenvalue weighted by atomic mass is 10.1. The van der Waals surface area contributed by atoms with Gasteiger partial charge >= 0.3 is 0 Å². The second kappa shape index (κ2) is 11.5. The van der Waals surface area contributed by atoms with E-state index in [1.54, 1.807) is 14.2 Å². The van der Waals surface area contributed by atoms with Crippen LogP contribution in [0.25, 0.3) is 0 Å². The van der Waals surface area contributed by atoms with Gasteiger partial charge in [0.1, 0.15) is 0 Å². The zero-order valence-corrected chi connectivity index (χ0v) is 18.4. The van der Waals surface area contributed by atoms with Gasteiger partial charge in [-0.25, -0.2) is 0 Å². The molecule has 1 heterocycles. The van der Waals surface area contributed by atoms with Crippen molar-refractivity contribution < 1.29 is 4.74 Å². The summed E-state index contributed by atoms with van der Waals surface area (Å²) in [6.45, 7) is 4.99. The molecule has 2 rings (SSSR count). The SMILES string of the molecule is CN=C(NCC(OC)c1ccccc1)NC(C)Cc1ccc(C)s1.I. The Balaban J connectivity index is 0.00000312. The van der Waals surface area contributed by atoms with Crippen LogP contribution >= 0.6 is 35.3 Å². The molecule has 1 aromatic carbocycles. The Morgan fingerprint density at radius 3 is 2.48 bits per heavy atom. The number of aliphatic imine (C=N–C) groups is 1. The third-order valence-corrected chi connectivity index (χ3v) is 4.84. The van der Waals surface area contributed by atoms with E-state index in [0.29, 0.717) is 12.6 Å². The first kappa shape index (κ1) is 21.9. The van der Waals surface area contributed by atoms with Crippen LogP contribution in [0.15, 0.2) is 47.5 Å². The maximum atomic E-state index is 5.59. The summed E-state index contributed by atoms with van der Waals surface area (Å²) < 4.78 is 5.59. The van der Waals surface area contributed by atoms with E-state index >= 15 is 0 Å². The van der Waals surface area contributed by atoms with E-state index in [1.165, 1.54) is 9.75 Å². The highest BCUT2D eigenvalue weighted by Gasteiger charge is 2.12. The number of benzene rings is 1. The molecule has 0 aliphatic heterocycles. The van der Waals surface area contributed by atoms with E-state index < -0.39 is 0 Å². The number of nitrogens with zero attached hydrogens (tertiary/aromatic N) is 1. The number of ether oxygens (including phenoxy) is 1. The number of hydrogen-bond donors (Lipinski definition) is 2. The molecule has 1 aromatic heterocycles. The van der Waals surface area contributed by atoms with E-state index in [4.69, 9.17) is 4.74 Å². The summed E-state index contributed by atoms with van der Waals surface area (Å²) in [5.41, 5.74) is 1.16. The zero-order chi connectivity index (χ0) is 17.4. The van der Waals surface area contributed by atoms with Gasteiger partial charge in [0.05, 0.1) is 6.10 Å². The van der Waals surface area contributed by atoms with Gasteiger partial charge in [0.15, 0.2) is 5.96 Å². The molecule has 0 fully saturated rings. The van der Waals surface area contributed by atoms with Gasteiger partial charge in [-0.15, -0.1) is 35.3 Å². The summed E-state index contributed by atoms with van der Waals surface area (Å²) in [6.07, 6.45) is 0.992. The Morgan fingerprint density at radius 1 is 1.20 bits per heavy atom. The number of guanidine groups is 1. The van der Waals surface area contributed by atoms with Gasteiger partial charge in [0, 0.05) is 42.9 Å². The summed E-state index contributed by atoms with van der Waals surface area (Å²) in [5, 5.41) is 6.80. The minimum atomic E-state index is 0. The Bertz CT molecular complexity index is 645. The molecule has 0 bridgehead atoms. The molecule has 0 saturated carbocycles. The number of aryl methyl sites for hydroxylation is 1. The van der Waals surface area contributed by atoms with Crippen LogP contribution in [0.1, 0.15) is 28.3 Å². The van der Waals surface area contributed by atoms with Crippen LogP contribution in [-0.4, -0.2) is 32.7 Å². The third-order valence-electron chi connectivity index (χ3n) is 3.82. The van der Waals surface area contributed by atoms with E-state index in [2.05, 4.69) is 53.7 Å². The first-order valence-corrected chi connectivity index (χ1v) is 9.04. The lowest BCUT2D eigenvalue weighted by Gasteiger charge is -2.21. The molecule has 0 saturated heterocycles. The fraction of sp³-hybridized carbons (Fsp3) is 0.421. The van der Waals surface area contributed by atoms with Crippen molar-refractivity contribution >= 4 is 41.3 Å². The van der Waals surface area contributed by atoms with Gasteiger partial charge in [-0.1, -0.05) is 30.3 Å². The van der Waals surface area contributed by atoms with Crippen molar-refractivity contribution in [3.05, 3.63) is 57.8 Å². The molecule has 0 aliphatic rings. The fourth-order valence-electron chi connectivity index (χ4n) is 2.57. The highest BCUT2D eigenvalue weighted by Crippen LogP contribution is 2.17. The maximum Gasteiger partial charge on any atom is 0.191 e. The monoisotopic (exact) mass is 473 g/mol. The maximum absolute atomic E-state index is 5.59. The minimum absolute atomic E-state index is 0. The third kappa shape index (κ3) is 7.33. The smallest absolute Gasteiger partial charge is 0.191 e. The lowest BCUT2D eigenvalue weighted by Crippen LogP contribution is -2.44. The number of thiophene rings is 1. The van der Waals surface area contributed by atoms with Crippen molar-refractivity contribution in [3.8, 4) is 0 Å². The van der Waals surface area contributed by atoms with E-state index in [1.807, 2.05) is 29.5 Å². The highest BCUT2D eigenvalue weighted by molar-refractivity contribution is 14.0. The van der Waals surface area contributed by atoms with Crippen LogP contribution in [0.4, 0.5) is 0 Å². The standard InChI is InChI=1S/C19H27N3OS.HI/c1-14(12-17-11-10-15(2)24-17)22-19(20-3)21-13-18(23-4)16-8-6-5-7-9-16;/h5-11,14,18H,12-13H2,1-4H3,(H2,20,21,22);1H. The number of rotatable bonds is 7. The number of methoxy groups -OCH3 is 1. The first-order valence-electron chi connectivity index (χ1n) is 8.22. The van der Waals surface area contributed by atoms with Gasteiger partial charge in [0.25, 0.3) is 0 Å². The van der Waals surface area contributed by atoms with Crippen molar-refractivity contribution in [2.75, 3.05) is 20.7 Å². The molecule has 2 aromatic rings. The summed E-state index contributed by atoms with van der Waals surface area (Å²) >= 11 is 1.85. The fourth-order valence-corrected chi connectivity index (χ4v) is 3.59. The normalized spacial score (nSPS) is 13.7. The Morgan fingerprint density at radius 2 is 1.92 bits per heavy atom. The quantitative estimate of drug-likeness (QED) is 0.361. The van der Waals surface area contributed by atoms with Crippen molar-refractivity contribution in [1.29, 1.82) is 0 Å². The average Bonchev–Trinajstić information content (AvgIpc) is 3.00. The molecule has 0 aliphatic carbocycles. The summed E-state index contributed by atoms with van der Waals surface area (Å²) in [7, 11) is 3.53. The van der Waals surface area contributed by atoms with E-state index in [9.17, 15) is 0 Å². The van der Waals surface area contributed by atoms with Gasteiger partial charge < -0.3 is 15.4 Å². The molecule has 138 valence electrons. The molecule has 2 unspecified atom stereocenters. The largest absolute Gasteiger partial charge is 0.375 e. The van der Waals surface area contributed by atoms with Gasteiger partial charge in [-0.05, 0) is 31.5 Å². The molecule has 4 nitrogen and oxygen atoms in total. The van der Waals surface area contributed by atoms with Crippen molar-refractivity contribution in [1.82, 2.24) is 10.6 Å². The molecule has 25 heavy (non-hydrogen) atoms. The summed E-state index contributed by atoms with van der Waals surface area (Å²) in [5.74, 6) is 0.800. The Hall–Kier alpha value is -1.12. The minimum Gasteiger partial charge on any atom is -0.375 e. The molecule has 0 amide bonds. The van der Waals surface area contributed by atoms with E-state index in [0.717, 1.165) is 17.9 Å². The second-order valence-electron chi connectivity index (χ2n) is 5.85. The van der Waals surface area contributed by atoms with Crippen molar-refractivity contribution in [2.24, 2.45) is 4.99 Å². The summed E-state index contributed by atoms with van der Waals surface area (Å²) in [4.78, 5) is 7.06. The van der Waals surface area contributed by atoms with Crippen molar-refractivity contribution in [2.45, 2.75) is 32.4 Å². The number of hydrogen-bond acceptors (Lipinski definition) is 3.